The standard InChI is InChI=1S/C13H16BrN3O3/c14-11-7-10(1-2-12(11)18)8-15-16-13(19)9-17-3-5-20-6-4-17/h1-2,7-8,18H,3-6,9H2,(H,16,19)/p+1/b15-8+. The first-order valence-corrected chi connectivity index (χ1v) is 7.16. The zero-order valence-corrected chi connectivity index (χ0v) is 12.5. The number of carbonyl (C=O) groups excluding carboxylic acids is 1. The number of nitrogens with one attached hydrogen (secondary N) is 2. The number of hydrazone groups is 1. The zero-order valence-electron chi connectivity index (χ0n) is 10.9. The minimum Gasteiger partial charge on any atom is -0.507 e. The van der Waals surface area contributed by atoms with Gasteiger partial charge in [0.15, 0.2) is 6.54 Å². The fourth-order valence-electron chi connectivity index (χ4n) is 1.89. The molecular weight excluding hydrogens is 326 g/mol. The quantitative estimate of drug-likeness (QED) is 0.511. The number of amides is 1. The van der Waals surface area contributed by atoms with E-state index in [9.17, 15) is 9.90 Å². The van der Waals surface area contributed by atoms with Crippen molar-refractivity contribution in [3.8, 4) is 5.75 Å². The molecule has 1 heterocycles. The lowest BCUT2D eigenvalue weighted by Gasteiger charge is -2.22. The zero-order chi connectivity index (χ0) is 14.4. The molecule has 1 aromatic rings. The van der Waals surface area contributed by atoms with Gasteiger partial charge in [-0.1, -0.05) is 0 Å². The average molecular weight is 343 g/mol. The van der Waals surface area contributed by atoms with Crippen molar-refractivity contribution in [3.63, 3.8) is 0 Å². The molecule has 0 radical (unpaired) electrons. The predicted octanol–water partition coefficient (Wildman–Crippen LogP) is -0.480. The van der Waals surface area contributed by atoms with Gasteiger partial charge in [-0.3, -0.25) is 4.79 Å². The van der Waals surface area contributed by atoms with E-state index in [1.807, 2.05) is 0 Å². The van der Waals surface area contributed by atoms with Gasteiger partial charge in [0.1, 0.15) is 18.8 Å². The van der Waals surface area contributed by atoms with Crippen LogP contribution in [0.4, 0.5) is 0 Å². The van der Waals surface area contributed by atoms with Gasteiger partial charge in [0.25, 0.3) is 5.91 Å². The molecule has 2 rings (SSSR count). The van der Waals surface area contributed by atoms with E-state index >= 15 is 0 Å². The number of nitrogens with zero attached hydrogens (tertiary/aromatic N) is 1. The van der Waals surface area contributed by atoms with Gasteiger partial charge in [-0.15, -0.1) is 0 Å². The summed E-state index contributed by atoms with van der Waals surface area (Å²) in [6.45, 7) is 3.50. The number of rotatable bonds is 4. The Kier molecular flexibility index (Phi) is 5.51. The van der Waals surface area contributed by atoms with Gasteiger partial charge in [0, 0.05) is 0 Å². The van der Waals surface area contributed by atoms with Crippen LogP contribution in [0.1, 0.15) is 5.56 Å². The number of halogens is 1. The van der Waals surface area contributed by atoms with Crippen molar-refractivity contribution in [2.24, 2.45) is 5.10 Å². The Morgan fingerprint density at radius 3 is 2.95 bits per heavy atom. The molecule has 0 spiro atoms. The normalized spacial score (nSPS) is 16.4. The lowest BCUT2D eigenvalue weighted by Crippen LogP contribution is -3.15. The molecule has 1 aromatic carbocycles. The second kappa shape index (κ2) is 7.37. The fourth-order valence-corrected chi connectivity index (χ4v) is 2.28. The van der Waals surface area contributed by atoms with E-state index in [1.165, 1.54) is 11.1 Å². The van der Waals surface area contributed by atoms with Crippen LogP contribution in [0.15, 0.2) is 27.8 Å². The highest BCUT2D eigenvalue weighted by molar-refractivity contribution is 9.10. The van der Waals surface area contributed by atoms with Gasteiger partial charge in [0.2, 0.25) is 0 Å². The van der Waals surface area contributed by atoms with Crippen LogP contribution >= 0.6 is 15.9 Å². The molecule has 1 saturated heterocycles. The summed E-state index contributed by atoms with van der Waals surface area (Å²) in [6.07, 6.45) is 1.54. The number of quaternary nitrogens is 1. The summed E-state index contributed by atoms with van der Waals surface area (Å²) in [4.78, 5) is 12.9. The first-order chi connectivity index (χ1) is 9.65. The number of hydrogen-bond donors (Lipinski definition) is 3. The number of phenolic OH excluding ortho intramolecular Hbond substituents is 1. The van der Waals surface area contributed by atoms with E-state index in [2.05, 4.69) is 26.5 Å². The maximum atomic E-state index is 11.7. The molecule has 1 amide bonds. The van der Waals surface area contributed by atoms with Gasteiger partial charge < -0.3 is 14.7 Å². The molecular formula is C13H17BrN3O3+. The Balaban J connectivity index is 1.79. The Bertz CT molecular complexity index is 502. The van der Waals surface area contributed by atoms with E-state index in [1.54, 1.807) is 18.2 Å². The molecule has 0 saturated carbocycles. The first-order valence-electron chi connectivity index (χ1n) is 6.37. The number of ether oxygens (including phenoxy) is 1. The summed E-state index contributed by atoms with van der Waals surface area (Å²) in [7, 11) is 0. The number of morpholine rings is 1. The maximum Gasteiger partial charge on any atom is 0.295 e. The summed E-state index contributed by atoms with van der Waals surface area (Å²) in [5.41, 5.74) is 3.29. The third kappa shape index (κ3) is 4.59. The van der Waals surface area contributed by atoms with Crippen LogP contribution in [0.2, 0.25) is 0 Å². The summed E-state index contributed by atoms with van der Waals surface area (Å²) in [5, 5.41) is 13.3. The van der Waals surface area contributed by atoms with Crippen molar-refractivity contribution in [2.45, 2.75) is 0 Å². The summed E-state index contributed by atoms with van der Waals surface area (Å²) in [6, 6.07) is 4.99. The molecule has 1 fully saturated rings. The lowest BCUT2D eigenvalue weighted by molar-refractivity contribution is -0.900. The highest BCUT2D eigenvalue weighted by atomic mass is 79.9. The van der Waals surface area contributed by atoms with E-state index < -0.39 is 0 Å². The number of benzene rings is 1. The fraction of sp³-hybridized carbons (Fsp3) is 0.385. The van der Waals surface area contributed by atoms with E-state index in [0.717, 1.165) is 18.7 Å². The van der Waals surface area contributed by atoms with Crippen LogP contribution in [-0.4, -0.2) is 50.1 Å². The van der Waals surface area contributed by atoms with Gasteiger partial charge in [-0.05, 0) is 39.7 Å². The molecule has 0 unspecified atom stereocenters. The number of phenols is 1. The second-order valence-electron chi connectivity index (χ2n) is 4.54. The molecule has 6 nitrogen and oxygen atoms in total. The van der Waals surface area contributed by atoms with Crippen molar-refractivity contribution in [2.75, 3.05) is 32.8 Å². The van der Waals surface area contributed by atoms with Crippen LogP contribution in [-0.2, 0) is 9.53 Å². The molecule has 0 atom stereocenters. The minimum atomic E-state index is -0.115. The molecule has 1 aliphatic rings. The predicted molar refractivity (Wildman–Crippen MR) is 77.9 cm³/mol. The van der Waals surface area contributed by atoms with Crippen LogP contribution in [0.25, 0.3) is 0 Å². The third-order valence-electron chi connectivity index (χ3n) is 2.99. The molecule has 1 aliphatic heterocycles. The average Bonchev–Trinajstić information content (AvgIpc) is 2.44. The summed E-state index contributed by atoms with van der Waals surface area (Å²) in [5.74, 6) is 0.0538. The highest BCUT2D eigenvalue weighted by Gasteiger charge is 2.16. The lowest BCUT2D eigenvalue weighted by atomic mass is 10.2. The van der Waals surface area contributed by atoms with Crippen molar-refractivity contribution < 1.29 is 19.5 Å². The number of hydrogen-bond acceptors (Lipinski definition) is 4. The molecule has 7 heteroatoms. The van der Waals surface area contributed by atoms with E-state index in [0.29, 0.717) is 24.2 Å². The van der Waals surface area contributed by atoms with Gasteiger partial charge in [0.05, 0.1) is 23.9 Å². The Morgan fingerprint density at radius 1 is 1.50 bits per heavy atom. The molecule has 20 heavy (non-hydrogen) atoms. The van der Waals surface area contributed by atoms with Crippen LogP contribution in [0, 0.1) is 0 Å². The Hall–Kier alpha value is -1.44. The highest BCUT2D eigenvalue weighted by Crippen LogP contribution is 2.23. The molecule has 3 N–H and O–H groups in total. The van der Waals surface area contributed by atoms with Crippen molar-refractivity contribution in [3.05, 3.63) is 28.2 Å². The smallest absolute Gasteiger partial charge is 0.295 e. The number of aromatic hydroxyl groups is 1. The SMILES string of the molecule is O=C(C[NH+]1CCOCC1)N/N=C/c1ccc(O)c(Br)c1. The largest absolute Gasteiger partial charge is 0.507 e. The minimum absolute atomic E-state index is 0.115. The molecule has 0 aliphatic carbocycles. The third-order valence-corrected chi connectivity index (χ3v) is 3.62. The Morgan fingerprint density at radius 2 is 2.25 bits per heavy atom. The topological polar surface area (TPSA) is 75.4 Å². The number of carbonyl (C=O) groups is 1. The monoisotopic (exact) mass is 342 g/mol. The van der Waals surface area contributed by atoms with E-state index in [-0.39, 0.29) is 11.7 Å². The molecule has 0 aromatic heterocycles. The van der Waals surface area contributed by atoms with Crippen LogP contribution in [0.5, 0.6) is 5.75 Å². The second-order valence-corrected chi connectivity index (χ2v) is 5.40. The summed E-state index contributed by atoms with van der Waals surface area (Å²) < 4.78 is 5.82. The molecule has 0 bridgehead atoms. The van der Waals surface area contributed by atoms with Gasteiger partial charge >= 0.3 is 0 Å². The van der Waals surface area contributed by atoms with Crippen LogP contribution in [0.3, 0.4) is 0 Å². The first kappa shape index (κ1) is 15.0. The van der Waals surface area contributed by atoms with Gasteiger partial charge in [-0.2, -0.15) is 5.10 Å². The maximum absolute atomic E-state index is 11.7. The van der Waals surface area contributed by atoms with Gasteiger partial charge in [-0.25, -0.2) is 5.43 Å². The Labute approximate surface area is 125 Å². The van der Waals surface area contributed by atoms with Crippen molar-refractivity contribution >= 4 is 28.1 Å². The summed E-state index contributed by atoms with van der Waals surface area (Å²) >= 11 is 3.22. The van der Waals surface area contributed by atoms with Crippen molar-refractivity contribution in [1.82, 2.24) is 5.43 Å². The van der Waals surface area contributed by atoms with Crippen molar-refractivity contribution in [1.29, 1.82) is 0 Å². The van der Waals surface area contributed by atoms with Crippen LogP contribution < -0.4 is 10.3 Å². The van der Waals surface area contributed by atoms with E-state index in [4.69, 9.17) is 4.74 Å². The molecule has 108 valence electrons.